The molecule has 2 fully saturated rings. The fourth-order valence-corrected chi connectivity index (χ4v) is 5.66. The quantitative estimate of drug-likeness (QED) is 0.287. The molecule has 1 saturated carbocycles. The standard InChI is InChI=1S/C21H31ClN5O7P/c1-3-26(17(28)11-35(31,32)33)10-15-18(29)19(30)21(34-15)27-20-13(9-23-27)14(8-16(22)24-20)25(2)12-6-4-5-7-12/h8-9,12,15,18-19,21,29-30H,3-7,10-11H2,1-2H3,(H2,31,32,33)/t15-,18-,19-,21-/m1/s1. The van der Waals surface area contributed by atoms with Crippen LogP contribution in [-0.2, 0) is 14.1 Å². The second kappa shape index (κ2) is 10.3. The smallest absolute Gasteiger partial charge is 0.334 e. The van der Waals surface area contributed by atoms with E-state index >= 15 is 0 Å². The number of hydrogen-bond acceptors (Lipinski definition) is 8. The Labute approximate surface area is 207 Å². The Morgan fingerprint density at radius 2 is 1.97 bits per heavy atom. The van der Waals surface area contributed by atoms with E-state index in [1.54, 1.807) is 19.2 Å². The lowest BCUT2D eigenvalue weighted by Crippen LogP contribution is -2.43. The fourth-order valence-electron chi connectivity index (χ4n) is 4.92. The van der Waals surface area contributed by atoms with Gasteiger partial charge in [-0.3, -0.25) is 9.36 Å². The summed E-state index contributed by atoms with van der Waals surface area (Å²) in [4.78, 5) is 38.3. The van der Waals surface area contributed by atoms with Gasteiger partial charge in [-0.1, -0.05) is 24.4 Å². The van der Waals surface area contributed by atoms with Gasteiger partial charge in [-0.15, -0.1) is 0 Å². The number of ether oxygens (including phenoxy) is 1. The number of aliphatic hydroxyl groups is 2. The number of halogens is 1. The Morgan fingerprint density at radius 1 is 1.29 bits per heavy atom. The minimum atomic E-state index is -4.55. The molecule has 0 unspecified atom stereocenters. The summed E-state index contributed by atoms with van der Waals surface area (Å²) in [5, 5.41) is 26.8. The van der Waals surface area contributed by atoms with Gasteiger partial charge in [-0.2, -0.15) is 5.10 Å². The van der Waals surface area contributed by atoms with Gasteiger partial charge < -0.3 is 34.5 Å². The number of pyridine rings is 1. The van der Waals surface area contributed by atoms with E-state index in [2.05, 4.69) is 15.0 Å². The molecule has 194 valence electrons. The van der Waals surface area contributed by atoms with Gasteiger partial charge in [0, 0.05) is 26.2 Å². The number of likely N-dealkylation sites (N-methyl/N-ethyl adjacent to an activating group) is 1. The van der Waals surface area contributed by atoms with Gasteiger partial charge in [0.2, 0.25) is 5.91 Å². The van der Waals surface area contributed by atoms with Crippen LogP contribution >= 0.6 is 19.2 Å². The van der Waals surface area contributed by atoms with Crippen molar-refractivity contribution in [1.82, 2.24) is 19.7 Å². The molecule has 1 aliphatic carbocycles. The number of hydrogen-bond donors (Lipinski definition) is 4. The maximum absolute atomic E-state index is 12.3. The number of aliphatic hydroxyl groups excluding tert-OH is 2. The first-order valence-electron chi connectivity index (χ1n) is 11.6. The van der Waals surface area contributed by atoms with E-state index in [9.17, 15) is 19.6 Å². The molecule has 2 aromatic heterocycles. The number of nitrogens with zero attached hydrogens (tertiary/aromatic N) is 5. The average Bonchev–Trinajstić information content (AvgIpc) is 3.51. The van der Waals surface area contributed by atoms with Gasteiger partial charge in [-0.25, -0.2) is 9.67 Å². The molecule has 1 aliphatic heterocycles. The van der Waals surface area contributed by atoms with Crippen LogP contribution in [0.3, 0.4) is 0 Å². The molecule has 0 bridgehead atoms. The monoisotopic (exact) mass is 531 g/mol. The van der Waals surface area contributed by atoms with Crippen LogP contribution in [0.25, 0.3) is 11.0 Å². The molecule has 0 aromatic carbocycles. The van der Waals surface area contributed by atoms with Crippen LogP contribution in [0.1, 0.15) is 38.8 Å². The zero-order valence-electron chi connectivity index (χ0n) is 19.6. The van der Waals surface area contributed by atoms with Crippen molar-refractivity contribution in [3.8, 4) is 0 Å². The molecule has 35 heavy (non-hydrogen) atoms. The summed E-state index contributed by atoms with van der Waals surface area (Å²) in [6.45, 7) is 1.63. The first-order chi connectivity index (χ1) is 16.5. The molecule has 3 heterocycles. The highest BCUT2D eigenvalue weighted by atomic mass is 35.5. The molecule has 2 aromatic rings. The molecule has 0 radical (unpaired) electrons. The summed E-state index contributed by atoms with van der Waals surface area (Å²) in [7, 11) is -2.54. The van der Waals surface area contributed by atoms with E-state index in [-0.39, 0.29) is 18.2 Å². The number of rotatable bonds is 8. The Balaban J connectivity index is 1.58. The number of anilines is 1. The average molecular weight is 532 g/mol. The van der Waals surface area contributed by atoms with Crippen LogP contribution in [0.2, 0.25) is 5.15 Å². The minimum Gasteiger partial charge on any atom is -0.387 e. The first kappa shape index (κ1) is 26.3. The Hall–Kier alpha value is -1.79. The van der Waals surface area contributed by atoms with Crippen LogP contribution in [0, 0.1) is 0 Å². The van der Waals surface area contributed by atoms with Crippen molar-refractivity contribution < 1.29 is 34.1 Å². The van der Waals surface area contributed by atoms with Crippen molar-refractivity contribution in [2.45, 2.75) is 63.2 Å². The number of fused-ring (bicyclic) bond motifs is 1. The van der Waals surface area contributed by atoms with E-state index in [1.807, 2.05) is 7.05 Å². The number of carbonyl (C=O) groups excluding carboxylic acids is 1. The van der Waals surface area contributed by atoms with Crippen molar-refractivity contribution in [1.29, 1.82) is 0 Å². The molecule has 12 nitrogen and oxygen atoms in total. The molecule has 1 saturated heterocycles. The highest BCUT2D eigenvalue weighted by molar-refractivity contribution is 7.52. The Kier molecular flexibility index (Phi) is 7.73. The lowest BCUT2D eigenvalue weighted by atomic mass is 10.1. The number of carbonyl (C=O) groups is 1. The third-order valence-corrected chi connectivity index (χ3v) is 7.70. The predicted octanol–water partition coefficient (Wildman–Crippen LogP) is 1.11. The maximum Gasteiger partial charge on any atom is 0.334 e. The van der Waals surface area contributed by atoms with Gasteiger partial charge in [-0.05, 0) is 25.8 Å². The SMILES string of the molecule is CCN(C[C@H]1O[C@@H](n2ncc3c(N(C)C4CCCC4)cc(Cl)nc32)[C@H](O)[C@@H]1O)C(=O)CP(=O)(O)O. The van der Waals surface area contributed by atoms with Gasteiger partial charge in [0.25, 0.3) is 0 Å². The summed E-state index contributed by atoms with van der Waals surface area (Å²) >= 11 is 6.34. The van der Waals surface area contributed by atoms with Crippen LogP contribution in [-0.4, -0.2) is 96.2 Å². The second-order valence-electron chi connectivity index (χ2n) is 9.14. The van der Waals surface area contributed by atoms with Gasteiger partial charge in [0.05, 0.1) is 17.3 Å². The van der Waals surface area contributed by atoms with Crippen LogP contribution in [0.15, 0.2) is 12.3 Å². The van der Waals surface area contributed by atoms with E-state index in [4.69, 9.17) is 26.1 Å². The zero-order chi connectivity index (χ0) is 25.5. The largest absolute Gasteiger partial charge is 0.387 e. The highest BCUT2D eigenvalue weighted by Crippen LogP contribution is 2.37. The summed E-state index contributed by atoms with van der Waals surface area (Å²) in [5.74, 6) is -0.771. The number of amides is 1. The highest BCUT2D eigenvalue weighted by Gasteiger charge is 2.46. The molecular weight excluding hydrogens is 501 g/mol. The third kappa shape index (κ3) is 5.48. The summed E-state index contributed by atoms with van der Waals surface area (Å²) in [6.07, 6.45) is 0.334. The van der Waals surface area contributed by atoms with Crippen molar-refractivity contribution in [2.75, 3.05) is 31.2 Å². The lowest BCUT2D eigenvalue weighted by Gasteiger charge is -2.27. The molecule has 1 amide bonds. The van der Waals surface area contributed by atoms with E-state index in [1.165, 1.54) is 22.4 Å². The zero-order valence-corrected chi connectivity index (χ0v) is 21.2. The van der Waals surface area contributed by atoms with Crippen molar-refractivity contribution >= 4 is 41.8 Å². The van der Waals surface area contributed by atoms with E-state index in [0.717, 1.165) is 23.9 Å². The molecule has 2 aliphatic rings. The second-order valence-corrected chi connectivity index (χ2v) is 11.2. The van der Waals surface area contributed by atoms with Crippen molar-refractivity contribution in [3.05, 3.63) is 17.4 Å². The molecule has 14 heteroatoms. The normalized spacial score (nSPS) is 25.5. The molecule has 4 atom stereocenters. The first-order valence-corrected chi connectivity index (χ1v) is 13.8. The summed E-state index contributed by atoms with van der Waals surface area (Å²) in [6, 6.07) is 2.16. The fraction of sp³-hybridized carbons (Fsp3) is 0.667. The third-order valence-electron chi connectivity index (χ3n) is 6.82. The van der Waals surface area contributed by atoms with Crippen LogP contribution in [0.5, 0.6) is 0 Å². The van der Waals surface area contributed by atoms with Crippen molar-refractivity contribution in [3.63, 3.8) is 0 Å². The Morgan fingerprint density at radius 3 is 2.60 bits per heavy atom. The topological polar surface area (TPSA) is 161 Å². The molecular formula is C21H31ClN5O7P. The lowest BCUT2D eigenvalue weighted by molar-refractivity contribution is -0.131. The van der Waals surface area contributed by atoms with Gasteiger partial charge >= 0.3 is 7.60 Å². The molecule has 4 N–H and O–H groups in total. The van der Waals surface area contributed by atoms with Crippen molar-refractivity contribution in [2.24, 2.45) is 0 Å². The van der Waals surface area contributed by atoms with E-state index < -0.39 is 44.2 Å². The Bertz CT molecular complexity index is 1120. The van der Waals surface area contributed by atoms with Crippen LogP contribution < -0.4 is 4.90 Å². The van der Waals surface area contributed by atoms with E-state index in [0.29, 0.717) is 11.7 Å². The summed E-state index contributed by atoms with van der Waals surface area (Å²) in [5.41, 5.74) is 1.25. The predicted molar refractivity (Wildman–Crippen MR) is 128 cm³/mol. The summed E-state index contributed by atoms with van der Waals surface area (Å²) < 4.78 is 18.5. The number of aromatic nitrogens is 3. The van der Waals surface area contributed by atoms with Crippen LogP contribution in [0.4, 0.5) is 5.69 Å². The van der Waals surface area contributed by atoms with Gasteiger partial charge in [0.15, 0.2) is 11.9 Å². The maximum atomic E-state index is 12.3. The minimum absolute atomic E-state index is 0.144. The van der Waals surface area contributed by atoms with Gasteiger partial charge in [0.1, 0.15) is 29.6 Å². The molecule has 0 spiro atoms. The molecule has 4 rings (SSSR count).